The Labute approximate surface area is 125 Å². The van der Waals surface area contributed by atoms with Crippen molar-refractivity contribution in [1.82, 2.24) is 5.32 Å². The fraction of sp³-hybridized carbons (Fsp3) is 0.938. The van der Waals surface area contributed by atoms with E-state index < -0.39 is 0 Å². The smallest absolute Gasteiger partial charge is 0.163 e. The van der Waals surface area contributed by atoms with Crippen molar-refractivity contribution in [2.45, 2.75) is 90.4 Å². The average molecular weight is 287 g/mol. The largest absolute Gasteiger partial charge is 0.376 e. The first-order chi connectivity index (χ1) is 9.27. The van der Waals surface area contributed by atoms with Crippen LogP contribution in [0.2, 0.25) is 0 Å². The summed E-state index contributed by atoms with van der Waals surface area (Å²) in [6, 6.07) is 0. The molecule has 0 aliphatic rings. The molecule has 2 nitrogen and oxygen atoms in total. The summed E-state index contributed by atoms with van der Waals surface area (Å²) in [5, 5.41) is 3.42. The van der Waals surface area contributed by atoms with E-state index in [1.54, 1.807) is 0 Å². The molecule has 0 radical (unpaired) electrons. The summed E-state index contributed by atoms with van der Waals surface area (Å²) in [6.07, 6.45) is 18.1. The van der Waals surface area contributed by atoms with Gasteiger partial charge < -0.3 is 11.1 Å². The highest BCUT2D eigenvalue weighted by Gasteiger charge is 1.94. The van der Waals surface area contributed by atoms with Crippen molar-refractivity contribution in [3.05, 3.63) is 0 Å². The van der Waals surface area contributed by atoms with Gasteiger partial charge in [-0.3, -0.25) is 0 Å². The van der Waals surface area contributed by atoms with Gasteiger partial charge in [-0.25, -0.2) is 0 Å². The highest BCUT2D eigenvalue weighted by atomic mass is 32.1. The van der Waals surface area contributed by atoms with E-state index >= 15 is 0 Å². The van der Waals surface area contributed by atoms with Crippen molar-refractivity contribution in [2.24, 2.45) is 5.73 Å². The van der Waals surface area contributed by atoms with Crippen molar-refractivity contribution in [2.75, 3.05) is 6.54 Å². The van der Waals surface area contributed by atoms with Gasteiger partial charge in [-0.15, -0.1) is 0 Å². The second kappa shape index (κ2) is 15.7. The third kappa shape index (κ3) is 17.7. The van der Waals surface area contributed by atoms with Crippen LogP contribution < -0.4 is 11.1 Å². The molecule has 19 heavy (non-hydrogen) atoms. The Balaban J connectivity index is 2.93. The lowest BCUT2D eigenvalue weighted by atomic mass is 10.0. The highest BCUT2D eigenvalue weighted by molar-refractivity contribution is 7.80. The maximum atomic E-state index is 5.36. The fourth-order valence-corrected chi connectivity index (χ4v) is 2.46. The second-order valence-corrected chi connectivity index (χ2v) is 5.97. The molecule has 0 spiro atoms. The summed E-state index contributed by atoms with van der Waals surface area (Å²) in [7, 11) is 0. The molecule has 0 aromatic heterocycles. The predicted molar refractivity (Wildman–Crippen MR) is 90.5 cm³/mol. The lowest BCUT2D eigenvalue weighted by Gasteiger charge is -2.04. The Morgan fingerprint density at radius 1 is 0.737 bits per heavy atom. The quantitative estimate of drug-likeness (QED) is 0.352. The van der Waals surface area contributed by atoms with Gasteiger partial charge in [0.2, 0.25) is 0 Å². The first-order valence-electron chi connectivity index (χ1n) is 8.30. The fourth-order valence-electron chi connectivity index (χ4n) is 2.35. The molecule has 0 aromatic rings. The van der Waals surface area contributed by atoms with E-state index in [2.05, 4.69) is 12.2 Å². The molecule has 3 heteroatoms. The summed E-state index contributed by atoms with van der Waals surface area (Å²) in [4.78, 5) is 0. The number of rotatable bonds is 14. The summed E-state index contributed by atoms with van der Waals surface area (Å²) in [5.41, 5.74) is 5.36. The van der Waals surface area contributed by atoms with E-state index in [0.29, 0.717) is 5.11 Å². The van der Waals surface area contributed by atoms with Crippen molar-refractivity contribution in [3.8, 4) is 0 Å². The van der Waals surface area contributed by atoms with Crippen LogP contribution in [-0.4, -0.2) is 11.7 Å². The van der Waals surface area contributed by atoms with E-state index in [9.17, 15) is 0 Å². The minimum atomic E-state index is 0.430. The molecule has 0 aromatic carbocycles. The van der Waals surface area contributed by atoms with Gasteiger partial charge >= 0.3 is 0 Å². The Hall–Kier alpha value is -0.310. The minimum absolute atomic E-state index is 0.430. The number of hydrogen-bond donors (Lipinski definition) is 2. The van der Waals surface area contributed by atoms with Crippen molar-refractivity contribution in [1.29, 1.82) is 0 Å². The summed E-state index contributed by atoms with van der Waals surface area (Å²) in [6.45, 7) is 3.22. The van der Waals surface area contributed by atoms with Crippen molar-refractivity contribution < 1.29 is 0 Å². The first kappa shape index (κ1) is 18.7. The predicted octanol–water partition coefficient (Wildman–Crippen LogP) is 4.91. The number of thiocarbonyl (C=S) groups is 1. The van der Waals surface area contributed by atoms with Crippen LogP contribution in [0.3, 0.4) is 0 Å². The van der Waals surface area contributed by atoms with Crippen LogP contribution in [-0.2, 0) is 0 Å². The van der Waals surface area contributed by atoms with Gasteiger partial charge in [0.15, 0.2) is 5.11 Å². The van der Waals surface area contributed by atoms with Gasteiger partial charge in [0.1, 0.15) is 0 Å². The Morgan fingerprint density at radius 3 is 1.47 bits per heavy atom. The highest BCUT2D eigenvalue weighted by Crippen LogP contribution is 2.12. The van der Waals surface area contributed by atoms with Crippen LogP contribution in [0.4, 0.5) is 0 Å². The maximum absolute atomic E-state index is 5.36. The zero-order valence-corrected chi connectivity index (χ0v) is 13.7. The molecule has 114 valence electrons. The van der Waals surface area contributed by atoms with E-state index in [0.717, 1.165) is 6.54 Å². The van der Waals surface area contributed by atoms with Crippen LogP contribution in [0.15, 0.2) is 0 Å². The molecule has 0 saturated heterocycles. The number of nitrogens with one attached hydrogen (secondary N) is 1. The molecule has 0 heterocycles. The molecular formula is C16H34N2S. The van der Waals surface area contributed by atoms with Crippen molar-refractivity contribution in [3.63, 3.8) is 0 Å². The van der Waals surface area contributed by atoms with E-state index in [4.69, 9.17) is 18.0 Å². The van der Waals surface area contributed by atoms with Crippen molar-refractivity contribution >= 4 is 17.3 Å². The molecule has 0 aliphatic carbocycles. The molecule has 0 fully saturated rings. The van der Waals surface area contributed by atoms with E-state index in [-0.39, 0.29) is 0 Å². The zero-order valence-electron chi connectivity index (χ0n) is 12.9. The monoisotopic (exact) mass is 286 g/mol. The standard InChI is InChI=1S/C16H34N2S/c1-2-3-4-5-6-7-8-9-10-11-12-13-14-15-18-16(17)19/h2-15H2,1H3,(H3,17,18,19). The maximum Gasteiger partial charge on any atom is 0.163 e. The molecule has 0 amide bonds. The Morgan fingerprint density at radius 2 is 1.11 bits per heavy atom. The van der Waals surface area contributed by atoms with Crippen LogP contribution in [0, 0.1) is 0 Å². The Bertz CT molecular complexity index is 195. The number of unbranched alkanes of at least 4 members (excludes halogenated alkanes) is 12. The van der Waals surface area contributed by atoms with Crippen LogP contribution >= 0.6 is 12.2 Å². The topological polar surface area (TPSA) is 38.0 Å². The lowest BCUT2D eigenvalue weighted by molar-refractivity contribution is 0.538. The lowest BCUT2D eigenvalue weighted by Crippen LogP contribution is -2.29. The van der Waals surface area contributed by atoms with Gasteiger partial charge in [0.05, 0.1) is 0 Å². The third-order valence-corrected chi connectivity index (χ3v) is 3.72. The second-order valence-electron chi connectivity index (χ2n) is 5.53. The number of hydrogen-bond acceptors (Lipinski definition) is 1. The molecular weight excluding hydrogens is 252 g/mol. The first-order valence-corrected chi connectivity index (χ1v) is 8.71. The SMILES string of the molecule is CCCCCCCCCCCCCCCNC(N)=S. The van der Waals surface area contributed by atoms with Crippen LogP contribution in [0.5, 0.6) is 0 Å². The molecule has 0 bridgehead atoms. The van der Waals surface area contributed by atoms with Gasteiger partial charge in [-0.1, -0.05) is 84.0 Å². The molecule has 0 aliphatic heterocycles. The minimum Gasteiger partial charge on any atom is -0.376 e. The van der Waals surface area contributed by atoms with E-state index in [1.165, 1.54) is 83.5 Å². The zero-order chi connectivity index (χ0) is 14.2. The van der Waals surface area contributed by atoms with E-state index in [1.807, 2.05) is 0 Å². The molecule has 0 unspecified atom stereocenters. The average Bonchev–Trinajstić information content (AvgIpc) is 2.39. The van der Waals surface area contributed by atoms with Crippen LogP contribution in [0.1, 0.15) is 90.4 Å². The van der Waals surface area contributed by atoms with Crippen LogP contribution in [0.25, 0.3) is 0 Å². The van der Waals surface area contributed by atoms with Gasteiger partial charge in [-0.05, 0) is 18.6 Å². The van der Waals surface area contributed by atoms with Gasteiger partial charge in [0.25, 0.3) is 0 Å². The molecule has 0 rings (SSSR count). The molecule has 0 saturated carbocycles. The summed E-state index contributed by atoms with van der Waals surface area (Å²) in [5.74, 6) is 0. The van der Waals surface area contributed by atoms with Gasteiger partial charge in [-0.2, -0.15) is 0 Å². The molecule has 3 N–H and O–H groups in total. The van der Waals surface area contributed by atoms with Gasteiger partial charge in [0, 0.05) is 6.54 Å². The third-order valence-electron chi connectivity index (χ3n) is 3.58. The normalized spacial score (nSPS) is 10.6. The summed E-state index contributed by atoms with van der Waals surface area (Å²) >= 11 is 4.76. The number of nitrogens with two attached hydrogens (primary N) is 1. The summed E-state index contributed by atoms with van der Waals surface area (Å²) < 4.78 is 0. The molecule has 0 atom stereocenters. The Kier molecular flexibility index (Phi) is 15.5.